The molecule has 4 nitrogen and oxygen atoms in total. The number of benzene rings is 2. The lowest BCUT2D eigenvalue weighted by Gasteiger charge is -2.14. The van der Waals surface area contributed by atoms with Gasteiger partial charge in [0.25, 0.3) is 0 Å². The molecule has 4 heteroatoms. The number of aryl methyl sites for hydroxylation is 3. The fraction of sp³-hybridized carbons (Fsp3) is 0.350. The molecular formula is C20H24O4. The SMILES string of the molecule is Cc1ccc(C)c(OCCOc2ccc(CCC(=O)O)cc2)c1C. The van der Waals surface area contributed by atoms with Crippen molar-refractivity contribution in [2.75, 3.05) is 13.2 Å². The van der Waals surface area contributed by atoms with Crippen LogP contribution in [0, 0.1) is 20.8 Å². The summed E-state index contributed by atoms with van der Waals surface area (Å²) in [5.74, 6) is 0.909. The van der Waals surface area contributed by atoms with Crippen LogP contribution in [0.4, 0.5) is 0 Å². The van der Waals surface area contributed by atoms with Crippen LogP contribution in [-0.4, -0.2) is 24.3 Å². The molecule has 0 aliphatic heterocycles. The Labute approximate surface area is 143 Å². The lowest BCUT2D eigenvalue weighted by molar-refractivity contribution is -0.136. The molecular weight excluding hydrogens is 304 g/mol. The lowest BCUT2D eigenvalue weighted by atomic mass is 10.1. The van der Waals surface area contributed by atoms with E-state index in [4.69, 9.17) is 14.6 Å². The van der Waals surface area contributed by atoms with Crippen LogP contribution in [0.5, 0.6) is 11.5 Å². The first-order valence-electron chi connectivity index (χ1n) is 8.10. The summed E-state index contributed by atoms with van der Waals surface area (Å²) in [6, 6.07) is 11.7. The van der Waals surface area contributed by atoms with Crippen LogP contribution in [0.25, 0.3) is 0 Å². The Morgan fingerprint density at radius 1 is 0.917 bits per heavy atom. The number of aliphatic carboxylic acids is 1. The minimum atomic E-state index is -0.783. The van der Waals surface area contributed by atoms with Gasteiger partial charge in [-0.15, -0.1) is 0 Å². The quantitative estimate of drug-likeness (QED) is 0.742. The summed E-state index contributed by atoms with van der Waals surface area (Å²) in [5, 5.41) is 8.68. The Kier molecular flexibility index (Phi) is 6.24. The fourth-order valence-corrected chi connectivity index (χ4v) is 2.45. The standard InChI is InChI=1S/C20H24O4/c1-14-4-5-15(2)20(16(14)3)24-13-12-23-18-9-6-17(7-10-18)8-11-19(21)22/h4-7,9-10H,8,11-13H2,1-3H3,(H,21,22). The average Bonchev–Trinajstić information content (AvgIpc) is 2.57. The van der Waals surface area contributed by atoms with Gasteiger partial charge in [-0.1, -0.05) is 24.3 Å². The summed E-state index contributed by atoms with van der Waals surface area (Å²) in [5.41, 5.74) is 4.50. The van der Waals surface area contributed by atoms with E-state index in [0.29, 0.717) is 19.6 Å². The molecule has 0 unspecified atom stereocenters. The van der Waals surface area contributed by atoms with Crippen LogP contribution >= 0.6 is 0 Å². The lowest BCUT2D eigenvalue weighted by Crippen LogP contribution is -2.10. The number of carbonyl (C=O) groups is 1. The van der Waals surface area contributed by atoms with Gasteiger partial charge in [-0.3, -0.25) is 4.79 Å². The van der Waals surface area contributed by atoms with E-state index in [9.17, 15) is 4.79 Å². The largest absolute Gasteiger partial charge is 0.490 e. The highest BCUT2D eigenvalue weighted by molar-refractivity contribution is 5.67. The van der Waals surface area contributed by atoms with Gasteiger partial charge in [0.2, 0.25) is 0 Å². The van der Waals surface area contributed by atoms with E-state index in [0.717, 1.165) is 28.2 Å². The van der Waals surface area contributed by atoms with Gasteiger partial charge in [-0.05, 0) is 61.6 Å². The monoisotopic (exact) mass is 328 g/mol. The van der Waals surface area contributed by atoms with Gasteiger partial charge in [0.1, 0.15) is 24.7 Å². The predicted octanol–water partition coefficient (Wildman–Crippen LogP) is 4.09. The molecule has 0 atom stereocenters. The molecule has 0 heterocycles. The fourth-order valence-electron chi connectivity index (χ4n) is 2.45. The first kappa shape index (κ1) is 17.9. The maximum absolute atomic E-state index is 10.6. The molecule has 0 bridgehead atoms. The Morgan fingerprint density at radius 2 is 1.54 bits per heavy atom. The second-order valence-electron chi connectivity index (χ2n) is 5.89. The summed E-state index contributed by atoms with van der Waals surface area (Å²) in [7, 11) is 0. The molecule has 0 fully saturated rings. The maximum Gasteiger partial charge on any atom is 0.303 e. The molecule has 2 aromatic carbocycles. The molecule has 128 valence electrons. The van der Waals surface area contributed by atoms with Gasteiger partial charge in [-0.2, -0.15) is 0 Å². The molecule has 0 amide bonds. The third-order valence-corrected chi connectivity index (χ3v) is 4.02. The van der Waals surface area contributed by atoms with E-state index in [2.05, 4.69) is 26.0 Å². The predicted molar refractivity (Wildman–Crippen MR) is 94.0 cm³/mol. The van der Waals surface area contributed by atoms with Crippen LogP contribution in [0.3, 0.4) is 0 Å². The summed E-state index contributed by atoms with van der Waals surface area (Å²) < 4.78 is 11.5. The average molecular weight is 328 g/mol. The second kappa shape index (κ2) is 8.39. The molecule has 0 spiro atoms. The van der Waals surface area contributed by atoms with Crippen LogP contribution in [0.1, 0.15) is 28.7 Å². The van der Waals surface area contributed by atoms with E-state index in [-0.39, 0.29) is 6.42 Å². The third kappa shape index (κ3) is 5.01. The first-order valence-corrected chi connectivity index (χ1v) is 8.10. The Hall–Kier alpha value is -2.49. The summed E-state index contributed by atoms with van der Waals surface area (Å²) in [4.78, 5) is 10.6. The van der Waals surface area contributed by atoms with Gasteiger partial charge >= 0.3 is 5.97 Å². The van der Waals surface area contributed by atoms with Gasteiger partial charge in [0, 0.05) is 6.42 Å². The minimum Gasteiger partial charge on any atom is -0.490 e. The molecule has 24 heavy (non-hydrogen) atoms. The van der Waals surface area contributed by atoms with Gasteiger partial charge in [0.05, 0.1) is 0 Å². The van der Waals surface area contributed by atoms with E-state index in [1.165, 1.54) is 5.56 Å². The summed E-state index contributed by atoms with van der Waals surface area (Å²) >= 11 is 0. The Balaban J connectivity index is 1.80. The normalized spacial score (nSPS) is 10.5. The van der Waals surface area contributed by atoms with Crippen LogP contribution in [-0.2, 0) is 11.2 Å². The number of carboxylic acids is 1. The van der Waals surface area contributed by atoms with Crippen molar-refractivity contribution in [3.63, 3.8) is 0 Å². The van der Waals surface area contributed by atoms with Crippen molar-refractivity contribution in [2.45, 2.75) is 33.6 Å². The highest BCUT2D eigenvalue weighted by atomic mass is 16.5. The smallest absolute Gasteiger partial charge is 0.303 e. The van der Waals surface area contributed by atoms with Crippen molar-refractivity contribution in [1.29, 1.82) is 0 Å². The molecule has 0 aliphatic rings. The number of carboxylic acid groups (broad SMARTS) is 1. The van der Waals surface area contributed by atoms with Crippen molar-refractivity contribution in [2.24, 2.45) is 0 Å². The van der Waals surface area contributed by atoms with E-state index < -0.39 is 5.97 Å². The van der Waals surface area contributed by atoms with Crippen molar-refractivity contribution < 1.29 is 19.4 Å². The van der Waals surface area contributed by atoms with Gasteiger partial charge < -0.3 is 14.6 Å². The number of ether oxygens (including phenoxy) is 2. The molecule has 0 saturated carbocycles. The number of hydrogen-bond acceptors (Lipinski definition) is 3. The van der Waals surface area contributed by atoms with Crippen molar-refractivity contribution >= 4 is 5.97 Å². The van der Waals surface area contributed by atoms with Gasteiger partial charge in [0.15, 0.2) is 0 Å². The molecule has 2 aromatic rings. The van der Waals surface area contributed by atoms with Crippen molar-refractivity contribution in [1.82, 2.24) is 0 Å². The third-order valence-electron chi connectivity index (χ3n) is 4.02. The van der Waals surface area contributed by atoms with Crippen LogP contribution in [0.2, 0.25) is 0 Å². The van der Waals surface area contributed by atoms with Crippen molar-refractivity contribution in [3.05, 3.63) is 58.7 Å². The van der Waals surface area contributed by atoms with Gasteiger partial charge in [-0.25, -0.2) is 0 Å². The molecule has 2 rings (SSSR count). The van der Waals surface area contributed by atoms with Crippen LogP contribution in [0.15, 0.2) is 36.4 Å². The highest BCUT2D eigenvalue weighted by Gasteiger charge is 2.06. The summed E-state index contributed by atoms with van der Waals surface area (Å²) in [6.07, 6.45) is 0.674. The zero-order valence-electron chi connectivity index (χ0n) is 14.5. The highest BCUT2D eigenvalue weighted by Crippen LogP contribution is 2.25. The molecule has 0 saturated heterocycles. The maximum atomic E-state index is 10.6. The number of rotatable bonds is 8. The zero-order valence-corrected chi connectivity index (χ0v) is 14.5. The molecule has 0 aliphatic carbocycles. The Morgan fingerprint density at radius 3 is 2.21 bits per heavy atom. The zero-order chi connectivity index (χ0) is 17.5. The van der Waals surface area contributed by atoms with E-state index in [1.807, 2.05) is 31.2 Å². The molecule has 0 radical (unpaired) electrons. The molecule has 1 N–H and O–H groups in total. The molecule has 0 aromatic heterocycles. The van der Waals surface area contributed by atoms with Crippen LogP contribution < -0.4 is 9.47 Å². The first-order chi connectivity index (χ1) is 11.5. The van der Waals surface area contributed by atoms with E-state index in [1.54, 1.807) is 0 Å². The van der Waals surface area contributed by atoms with Crippen molar-refractivity contribution in [3.8, 4) is 11.5 Å². The minimum absolute atomic E-state index is 0.142. The topological polar surface area (TPSA) is 55.8 Å². The van der Waals surface area contributed by atoms with E-state index >= 15 is 0 Å². The Bertz CT molecular complexity index is 690. The summed E-state index contributed by atoms with van der Waals surface area (Å²) in [6.45, 7) is 7.12. The second-order valence-corrected chi connectivity index (χ2v) is 5.89. The number of hydrogen-bond donors (Lipinski definition) is 1.